The van der Waals surface area contributed by atoms with Gasteiger partial charge in [-0.3, -0.25) is 14.0 Å². The van der Waals surface area contributed by atoms with Crippen LogP contribution in [0.15, 0.2) is 56.1 Å². The Bertz CT molecular complexity index is 1600. The van der Waals surface area contributed by atoms with Crippen LogP contribution in [-0.2, 0) is 24.3 Å². The Morgan fingerprint density at radius 3 is 2.62 bits per heavy atom. The van der Waals surface area contributed by atoms with Gasteiger partial charge in [-0.1, -0.05) is 39.7 Å². The van der Waals surface area contributed by atoms with Gasteiger partial charge in [-0.05, 0) is 43.2 Å². The lowest BCUT2D eigenvalue weighted by atomic mass is 10.0. The molecule has 2 aliphatic heterocycles. The summed E-state index contributed by atoms with van der Waals surface area (Å²) >= 11 is 9.67. The van der Waals surface area contributed by atoms with Crippen LogP contribution in [0.2, 0.25) is 5.02 Å². The van der Waals surface area contributed by atoms with Gasteiger partial charge < -0.3 is 19.3 Å². The van der Waals surface area contributed by atoms with Gasteiger partial charge in [-0.15, -0.1) is 0 Å². The number of carbonyl (C=O) groups is 1. The maximum absolute atomic E-state index is 12.6. The predicted octanol–water partition coefficient (Wildman–Crippen LogP) is 4.48. The van der Waals surface area contributed by atoms with Gasteiger partial charge in [0.05, 0.1) is 23.9 Å². The van der Waals surface area contributed by atoms with E-state index in [1.165, 1.54) is 0 Å². The molecule has 4 aromatic rings. The molecule has 6 rings (SSSR count). The number of piperidine rings is 1. The van der Waals surface area contributed by atoms with Crippen LogP contribution in [0, 0.1) is 0 Å². The molecule has 0 aliphatic carbocycles. The zero-order valence-corrected chi connectivity index (χ0v) is 24.6. The quantitative estimate of drug-likeness (QED) is 0.339. The Hall–Kier alpha value is -2.92. The summed E-state index contributed by atoms with van der Waals surface area (Å²) in [5.74, 6) is -0.304. The highest BCUT2D eigenvalue weighted by atomic mass is 79.9. The number of aliphatic hydroxyl groups excluding tert-OH is 1. The Morgan fingerprint density at radius 1 is 1.15 bits per heavy atom. The lowest BCUT2D eigenvalue weighted by Gasteiger charge is -2.33. The van der Waals surface area contributed by atoms with E-state index in [-0.39, 0.29) is 17.7 Å². The fraction of sp³-hybridized carbons (Fsp3) is 0.414. The third-order valence-corrected chi connectivity index (χ3v) is 8.81. The number of aromatic nitrogens is 3. The lowest BCUT2D eigenvalue weighted by molar-refractivity contribution is -0.129. The topological polar surface area (TPSA) is 96.7 Å². The SMILES string of the molecule is CC(=O)N1CCc2c(c(-c3ccc(Br)cc3)nn2CC(O)CN2CCC(n3c(=O)oc4ccc(Cl)cc43)CC2)C1. The van der Waals surface area contributed by atoms with Crippen LogP contribution in [0.5, 0.6) is 0 Å². The van der Waals surface area contributed by atoms with Crippen LogP contribution in [0.3, 0.4) is 0 Å². The number of amides is 1. The Morgan fingerprint density at radius 2 is 1.90 bits per heavy atom. The van der Waals surface area contributed by atoms with Gasteiger partial charge in [0, 0.05) is 78.4 Å². The van der Waals surface area contributed by atoms with E-state index in [2.05, 4.69) is 20.8 Å². The van der Waals surface area contributed by atoms with Gasteiger partial charge in [-0.2, -0.15) is 5.10 Å². The first-order valence-electron chi connectivity index (χ1n) is 13.6. The van der Waals surface area contributed by atoms with Crippen LogP contribution in [-0.4, -0.2) is 67.4 Å². The van der Waals surface area contributed by atoms with Crippen molar-refractivity contribution in [2.45, 2.75) is 51.4 Å². The third-order valence-electron chi connectivity index (χ3n) is 8.05. The van der Waals surface area contributed by atoms with Crippen LogP contribution in [0.4, 0.5) is 0 Å². The van der Waals surface area contributed by atoms with Gasteiger partial charge in [0.1, 0.15) is 0 Å². The number of fused-ring (bicyclic) bond motifs is 2. The summed E-state index contributed by atoms with van der Waals surface area (Å²) in [4.78, 5) is 28.8. The molecule has 210 valence electrons. The minimum absolute atomic E-state index is 0.0245. The van der Waals surface area contributed by atoms with Gasteiger partial charge >= 0.3 is 5.76 Å². The minimum Gasteiger partial charge on any atom is -0.408 e. The van der Waals surface area contributed by atoms with Crippen molar-refractivity contribution in [3.05, 3.63) is 73.8 Å². The Kier molecular flexibility index (Phi) is 7.60. The van der Waals surface area contributed by atoms with E-state index in [0.717, 1.165) is 58.4 Å². The highest BCUT2D eigenvalue weighted by Crippen LogP contribution is 2.32. The first-order chi connectivity index (χ1) is 19.3. The number of rotatable bonds is 6. The summed E-state index contributed by atoms with van der Waals surface area (Å²) < 4.78 is 10.1. The molecular weight excluding hydrogens is 598 g/mol. The highest BCUT2D eigenvalue weighted by molar-refractivity contribution is 9.10. The van der Waals surface area contributed by atoms with Crippen LogP contribution in [0.1, 0.15) is 37.1 Å². The molecule has 1 atom stereocenters. The smallest absolute Gasteiger partial charge is 0.408 e. The van der Waals surface area contributed by atoms with E-state index in [1.54, 1.807) is 29.7 Å². The summed E-state index contributed by atoms with van der Waals surface area (Å²) in [7, 11) is 0. The average Bonchev–Trinajstić information content (AvgIpc) is 3.45. The van der Waals surface area contributed by atoms with Crippen LogP contribution in [0.25, 0.3) is 22.4 Å². The summed E-state index contributed by atoms with van der Waals surface area (Å²) in [6, 6.07) is 13.3. The van der Waals surface area contributed by atoms with Crippen molar-refractivity contribution in [1.82, 2.24) is 24.1 Å². The van der Waals surface area contributed by atoms with Crippen LogP contribution < -0.4 is 5.76 Å². The predicted molar refractivity (Wildman–Crippen MR) is 156 cm³/mol. The molecule has 0 bridgehead atoms. The number of likely N-dealkylation sites (tertiary alicyclic amines) is 1. The van der Waals surface area contributed by atoms with Crippen molar-refractivity contribution in [1.29, 1.82) is 0 Å². The van der Waals surface area contributed by atoms with E-state index in [4.69, 9.17) is 21.1 Å². The average molecular weight is 629 g/mol. The van der Waals surface area contributed by atoms with Gasteiger partial charge in [0.25, 0.3) is 0 Å². The lowest BCUT2D eigenvalue weighted by Crippen LogP contribution is -2.42. The maximum Gasteiger partial charge on any atom is 0.420 e. The van der Waals surface area contributed by atoms with Crippen molar-refractivity contribution in [2.75, 3.05) is 26.2 Å². The fourth-order valence-corrected chi connectivity index (χ4v) is 6.45. The third kappa shape index (κ3) is 5.37. The number of hydrogen-bond donors (Lipinski definition) is 1. The van der Waals surface area contributed by atoms with Crippen LogP contribution >= 0.6 is 27.5 Å². The summed E-state index contributed by atoms with van der Waals surface area (Å²) in [5.41, 5.74) is 5.25. The first-order valence-corrected chi connectivity index (χ1v) is 14.7. The van der Waals surface area contributed by atoms with E-state index in [0.29, 0.717) is 43.2 Å². The summed E-state index contributed by atoms with van der Waals surface area (Å²) in [6.07, 6.45) is 1.65. The minimum atomic E-state index is -0.611. The molecule has 1 N–H and O–H groups in total. The zero-order valence-electron chi connectivity index (χ0n) is 22.2. The second-order valence-corrected chi connectivity index (χ2v) is 12.0. The number of benzene rings is 2. The first kappa shape index (κ1) is 27.3. The molecule has 0 radical (unpaired) electrons. The molecule has 1 unspecified atom stereocenters. The molecule has 2 aromatic carbocycles. The van der Waals surface area contributed by atoms with Crippen molar-refractivity contribution < 1.29 is 14.3 Å². The second kappa shape index (κ2) is 11.2. The Balaban J connectivity index is 1.15. The summed E-state index contributed by atoms with van der Waals surface area (Å²) in [5, 5.41) is 16.6. The molecule has 4 heterocycles. The molecule has 11 heteroatoms. The number of halogens is 2. The second-order valence-electron chi connectivity index (χ2n) is 10.7. The highest BCUT2D eigenvalue weighted by Gasteiger charge is 2.29. The largest absolute Gasteiger partial charge is 0.420 e. The van der Waals surface area contributed by atoms with Gasteiger partial charge in [-0.25, -0.2) is 4.79 Å². The van der Waals surface area contributed by atoms with Gasteiger partial charge in [0.2, 0.25) is 5.91 Å². The van der Waals surface area contributed by atoms with E-state index in [1.807, 2.05) is 33.8 Å². The molecule has 1 amide bonds. The molecule has 0 saturated carbocycles. The summed E-state index contributed by atoms with van der Waals surface area (Å²) in [6.45, 7) is 5.18. The normalized spacial score (nSPS) is 17.4. The van der Waals surface area contributed by atoms with E-state index < -0.39 is 6.10 Å². The number of oxazole rings is 1. The maximum atomic E-state index is 12.6. The Labute approximate surface area is 245 Å². The fourth-order valence-electron chi connectivity index (χ4n) is 6.02. The van der Waals surface area contributed by atoms with Crippen molar-refractivity contribution in [3.63, 3.8) is 0 Å². The number of carbonyl (C=O) groups excluding carboxylic acids is 1. The molecular formula is C29H31BrClN5O4. The molecule has 9 nitrogen and oxygen atoms in total. The van der Waals surface area contributed by atoms with Gasteiger partial charge in [0.15, 0.2) is 5.58 Å². The van der Waals surface area contributed by atoms with E-state index in [9.17, 15) is 14.7 Å². The number of hydrogen-bond acceptors (Lipinski definition) is 6. The van der Waals surface area contributed by atoms with Crippen molar-refractivity contribution in [2.24, 2.45) is 0 Å². The zero-order chi connectivity index (χ0) is 28.0. The van der Waals surface area contributed by atoms with Crippen molar-refractivity contribution >= 4 is 44.5 Å². The number of nitrogens with zero attached hydrogens (tertiary/aromatic N) is 5. The molecule has 2 aliphatic rings. The monoisotopic (exact) mass is 627 g/mol. The molecule has 40 heavy (non-hydrogen) atoms. The molecule has 1 fully saturated rings. The number of aliphatic hydroxyl groups is 1. The van der Waals surface area contributed by atoms with Crippen molar-refractivity contribution in [3.8, 4) is 11.3 Å². The molecule has 1 saturated heterocycles. The number of β-amino-alcohol motifs (C(OH)–C–C–N with tert-alkyl or cyclic N) is 1. The molecule has 2 aromatic heterocycles. The van der Waals surface area contributed by atoms with E-state index >= 15 is 0 Å². The molecule has 0 spiro atoms. The standard InChI is InChI=1S/C29H31BrClN5O4/c1-18(37)34-13-10-25-24(17-34)28(19-2-4-20(30)5-3-19)32-35(25)16-23(38)15-33-11-8-22(9-12-33)36-26-14-21(31)6-7-27(26)40-29(36)39/h2-7,14,22-23,38H,8-13,15-17H2,1H3.